The lowest BCUT2D eigenvalue weighted by atomic mass is 9.92. The van der Waals surface area contributed by atoms with Crippen molar-refractivity contribution in [1.29, 1.82) is 0 Å². The van der Waals surface area contributed by atoms with E-state index in [1.165, 1.54) is 70.6 Å². The third-order valence-electron chi connectivity index (χ3n) is 4.22. The molecule has 1 rings (SSSR count). The third-order valence-corrected chi connectivity index (χ3v) is 4.22. The Labute approximate surface area is 108 Å². The van der Waals surface area contributed by atoms with Gasteiger partial charge < -0.3 is 5.11 Å². The Hall–Kier alpha value is -0.0400. The molecule has 102 valence electrons. The summed E-state index contributed by atoms with van der Waals surface area (Å²) < 4.78 is 0. The highest BCUT2D eigenvalue weighted by Gasteiger charge is 2.17. The number of hydrogen-bond donors (Lipinski definition) is 1. The Morgan fingerprint density at radius 3 is 2.29 bits per heavy atom. The summed E-state index contributed by atoms with van der Waals surface area (Å²) in [4.78, 5) is 0. The maximum absolute atomic E-state index is 9.76. The van der Waals surface area contributed by atoms with E-state index in [0.717, 1.165) is 18.8 Å². The van der Waals surface area contributed by atoms with Crippen LogP contribution in [0.25, 0.3) is 0 Å². The Balaban J connectivity index is 1.94. The van der Waals surface area contributed by atoms with Crippen molar-refractivity contribution in [3.63, 3.8) is 0 Å². The predicted molar refractivity (Wildman–Crippen MR) is 75.2 cm³/mol. The summed E-state index contributed by atoms with van der Waals surface area (Å²) in [6.45, 7) is 2.28. The molecule has 1 heteroatoms. The fourth-order valence-corrected chi connectivity index (χ4v) is 3.09. The van der Waals surface area contributed by atoms with Crippen molar-refractivity contribution in [1.82, 2.24) is 0 Å². The summed E-state index contributed by atoms with van der Waals surface area (Å²) >= 11 is 0. The Kier molecular flexibility index (Phi) is 8.78. The second-order valence-corrected chi connectivity index (χ2v) is 5.95. The quantitative estimate of drug-likeness (QED) is 0.464. The van der Waals surface area contributed by atoms with E-state index in [2.05, 4.69) is 6.92 Å². The molecule has 0 aromatic rings. The van der Waals surface area contributed by atoms with E-state index in [-0.39, 0.29) is 6.10 Å². The second kappa shape index (κ2) is 9.94. The largest absolute Gasteiger partial charge is 0.393 e. The minimum absolute atomic E-state index is 0.00653. The molecule has 0 heterocycles. The molecule has 1 saturated carbocycles. The molecule has 0 saturated heterocycles. The minimum Gasteiger partial charge on any atom is -0.393 e. The van der Waals surface area contributed by atoms with Gasteiger partial charge >= 0.3 is 0 Å². The fourth-order valence-electron chi connectivity index (χ4n) is 3.09. The van der Waals surface area contributed by atoms with Crippen LogP contribution in [-0.4, -0.2) is 11.2 Å². The molecule has 0 bridgehead atoms. The molecular weight excluding hydrogens is 208 g/mol. The van der Waals surface area contributed by atoms with Gasteiger partial charge in [0.2, 0.25) is 0 Å². The Morgan fingerprint density at radius 1 is 0.882 bits per heavy atom. The zero-order valence-electron chi connectivity index (χ0n) is 11.8. The molecule has 17 heavy (non-hydrogen) atoms. The van der Waals surface area contributed by atoms with Crippen LogP contribution in [0.3, 0.4) is 0 Å². The van der Waals surface area contributed by atoms with Crippen LogP contribution in [0.15, 0.2) is 0 Å². The highest BCUT2D eigenvalue weighted by atomic mass is 16.3. The van der Waals surface area contributed by atoms with Gasteiger partial charge in [-0.1, -0.05) is 77.6 Å². The first-order valence-corrected chi connectivity index (χ1v) is 8.01. The number of rotatable bonds is 8. The molecule has 0 aliphatic heterocycles. The van der Waals surface area contributed by atoms with Crippen molar-refractivity contribution >= 4 is 0 Å². The number of aliphatic hydroxyl groups excluding tert-OH is 1. The van der Waals surface area contributed by atoms with Gasteiger partial charge in [0, 0.05) is 0 Å². The van der Waals surface area contributed by atoms with Crippen LogP contribution in [0.2, 0.25) is 0 Å². The summed E-state index contributed by atoms with van der Waals surface area (Å²) in [5.74, 6) is 0.822. The van der Waals surface area contributed by atoms with Crippen LogP contribution in [-0.2, 0) is 0 Å². The molecular formula is C16H32O. The summed E-state index contributed by atoms with van der Waals surface area (Å²) in [5, 5.41) is 9.76. The number of hydrogen-bond acceptors (Lipinski definition) is 1. The molecule has 0 spiro atoms. The molecule has 1 aliphatic rings. The van der Waals surface area contributed by atoms with E-state index < -0.39 is 0 Å². The van der Waals surface area contributed by atoms with E-state index in [1.54, 1.807) is 0 Å². The summed E-state index contributed by atoms with van der Waals surface area (Å²) in [5.41, 5.74) is 0. The van der Waals surface area contributed by atoms with E-state index in [9.17, 15) is 5.11 Å². The molecule has 1 aliphatic carbocycles. The lowest BCUT2D eigenvalue weighted by Gasteiger charge is -2.16. The number of aliphatic hydroxyl groups is 1. The molecule has 0 aromatic heterocycles. The summed E-state index contributed by atoms with van der Waals surface area (Å²) in [6.07, 6.45) is 17.3. The maximum atomic E-state index is 9.76. The fraction of sp³-hybridized carbons (Fsp3) is 1.00. The Bertz CT molecular complexity index is 167. The van der Waals surface area contributed by atoms with Crippen LogP contribution >= 0.6 is 0 Å². The highest BCUT2D eigenvalue weighted by Crippen LogP contribution is 2.27. The molecule has 0 amide bonds. The molecule has 0 radical (unpaired) electrons. The number of unbranched alkanes of at least 4 members (excludes halogenated alkanes) is 6. The van der Waals surface area contributed by atoms with Crippen molar-refractivity contribution in [2.75, 3.05) is 0 Å². The van der Waals surface area contributed by atoms with Crippen molar-refractivity contribution in [2.24, 2.45) is 5.92 Å². The average molecular weight is 240 g/mol. The summed E-state index contributed by atoms with van der Waals surface area (Å²) in [7, 11) is 0. The van der Waals surface area contributed by atoms with Crippen LogP contribution in [0.1, 0.15) is 90.4 Å². The highest BCUT2D eigenvalue weighted by molar-refractivity contribution is 4.70. The minimum atomic E-state index is 0.00653. The van der Waals surface area contributed by atoms with Gasteiger partial charge in [-0.2, -0.15) is 0 Å². The molecule has 1 nitrogen and oxygen atoms in total. The maximum Gasteiger partial charge on any atom is 0.0542 e. The second-order valence-electron chi connectivity index (χ2n) is 5.95. The van der Waals surface area contributed by atoms with Gasteiger partial charge in [-0.25, -0.2) is 0 Å². The van der Waals surface area contributed by atoms with Crippen LogP contribution < -0.4 is 0 Å². The SMILES string of the molecule is CCCCCCCCCC1CCCCC(O)C1. The van der Waals surface area contributed by atoms with Crippen molar-refractivity contribution in [3.8, 4) is 0 Å². The zero-order valence-corrected chi connectivity index (χ0v) is 11.8. The molecule has 1 fully saturated rings. The lowest BCUT2D eigenvalue weighted by molar-refractivity contribution is 0.138. The van der Waals surface area contributed by atoms with Gasteiger partial charge in [0.05, 0.1) is 6.10 Å². The lowest BCUT2D eigenvalue weighted by Crippen LogP contribution is -2.10. The third kappa shape index (κ3) is 7.81. The van der Waals surface area contributed by atoms with E-state index in [4.69, 9.17) is 0 Å². The average Bonchev–Trinajstić information content (AvgIpc) is 2.52. The summed E-state index contributed by atoms with van der Waals surface area (Å²) in [6, 6.07) is 0. The smallest absolute Gasteiger partial charge is 0.0542 e. The Morgan fingerprint density at radius 2 is 1.53 bits per heavy atom. The van der Waals surface area contributed by atoms with E-state index in [0.29, 0.717) is 0 Å². The molecule has 0 aromatic carbocycles. The van der Waals surface area contributed by atoms with Gasteiger partial charge in [-0.3, -0.25) is 0 Å². The molecule has 2 unspecified atom stereocenters. The molecule has 1 N–H and O–H groups in total. The van der Waals surface area contributed by atoms with E-state index in [1.807, 2.05) is 0 Å². The first-order valence-electron chi connectivity index (χ1n) is 8.01. The first kappa shape index (κ1) is 15.0. The standard InChI is InChI=1S/C16H32O/c1-2-3-4-5-6-7-8-11-15-12-9-10-13-16(17)14-15/h15-17H,2-14H2,1H3. The van der Waals surface area contributed by atoms with E-state index >= 15 is 0 Å². The van der Waals surface area contributed by atoms with Gasteiger partial charge in [-0.05, 0) is 18.8 Å². The van der Waals surface area contributed by atoms with Crippen molar-refractivity contribution in [3.05, 3.63) is 0 Å². The molecule has 2 atom stereocenters. The van der Waals surface area contributed by atoms with Gasteiger partial charge in [0.1, 0.15) is 0 Å². The zero-order chi connectivity index (χ0) is 12.3. The van der Waals surface area contributed by atoms with Gasteiger partial charge in [0.15, 0.2) is 0 Å². The van der Waals surface area contributed by atoms with Gasteiger partial charge in [0.25, 0.3) is 0 Å². The topological polar surface area (TPSA) is 20.2 Å². The predicted octanol–water partition coefficient (Wildman–Crippen LogP) is 5.07. The van der Waals surface area contributed by atoms with Crippen molar-refractivity contribution in [2.45, 2.75) is 96.5 Å². The normalized spacial score (nSPS) is 25.8. The van der Waals surface area contributed by atoms with Crippen LogP contribution in [0, 0.1) is 5.92 Å². The van der Waals surface area contributed by atoms with Crippen LogP contribution in [0.4, 0.5) is 0 Å². The monoisotopic (exact) mass is 240 g/mol. The van der Waals surface area contributed by atoms with Crippen LogP contribution in [0.5, 0.6) is 0 Å². The van der Waals surface area contributed by atoms with Gasteiger partial charge in [-0.15, -0.1) is 0 Å². The van der Waals surface area contributed by atoms with Crippen molar-refractivity contribution < 1.29 is 5.11 Å². The first-order chi connectivity index (χ1) is 8.33.